The van der Waals surface area contributed by atoms with E-state index in [-0.39, 0.29) is 12.4 Å². The van der Waals surface area contributed by atoms with Gasteiger partial charge >= 0.3 is 0 Å². The summed E-state index contributed by atoms with van der Waals surface area (Å²) in [5.41, 5.74) is 2.69. The highest BCUT2D eigenvalue weighted by molar-refractivity contribution is 5.46. The topological polar surface area (TPSA) is 45.0 Å². The third-order valence-electron chi connectivity index (χ3n) is 2.77. The number of hydrogen-bond acceptors (Lipinski definition) is 3. The molecule has 2 aromatic carbocycles. The van der Waals surface area contributed by atoms with Crippen LogP contribution in [0.5, 0.6) is 5.75 Å². The van der Waals surface area contributed by atoms with Crippen molar-refractivity contribution >= 4 is 5.69 Å². The Labute approximate surface area is 117 Å². The van der Waals surface area contributed by atoms with Crippen molar-refractivity contribution in [2.45, 2.75) is 13.5 Å². The Morgan fingerprint density at radius 3 is 2.60 bits per heavy atom. The molecule has 0 fully saturated rings. The Balaban J connectivity index is 1.95. The van der Waals surface area contributed by atoms with Crippen LogP contribution in [0.4, 0.5) is 10.1 Å². The van der Waals surface area contributed by atoms with Gasteiger partial charge in [-0.3, -0.25) is 0 Å². The second-order valence-corrected chi connectivity index (χ2v) is 4.46. The zero-order valence-corrected chi connectivity index (χ0v) is 11.2. The molecule has 102 valence electrons. The van der Waals surface area contributed by atoms with Crippen molar-refractivity contribution in [2.75, 3.05) is 11.9 Å². The number of ether oxygens (including phenoxy) is 1. The monoisotopic (exact) mass is 270 g/mol. The van der Waals surface area contributed by atoms with E-state index in [0.717, 1.165) is 16.8 Å². The number of hydrogen-bond donors (Lipinski definition) is 1. The minimum Gasteiger partial charge on any atom is -0.479 e. The first-order valence-corrected chi connectivity index (χ1v) is 6.27. The number of halogens is 1. The molecule has 0 bridgehead atoms. The molecule has 0 unspecified atom stereocenters. The number of nitrogens with zero attached hydrogens (tertiary/aromatic N) is 1. The molecular weight excluding hydrogens is 255 g/mol. The molecule has 2 aromatic rings. The largest absolute Gasteiger partial charge is 0.479 e. The van der Waals surface area contributed by atoms with E-state index in [2.05, 4.69) is 5.32 Å². The fourth-order valence-electron chi connectivity index (χ4n) is 1.86. The van der Waals surface area contributed by atoms with Gasteiger partial charge in [-0.05, 0) is 48.4 Å². The molecule has 1 N–H and O–H groups in total. The zero-order valence-electron chi connectivity index (χ0n) is 11.2. The highest BCUT2D eigenvalue weighted by Crippen LogP contribution is 2.16. The molecule has 0 aromatic heterocycles. The third-order valence-corrected chi connectivity index (χ3v) is 2.77. The quantitative estimate of drug-likeness (QED) is 0.902. The summed E-state index contributed by atoms with van der Waals surface area (Å²) in [4.78, 5) is 0. The summed E-state index contributed by atoms with van der Waals surface area (Å²) in [6.45, 7) is 2.50. The van der Waals surface area contributed by atoms with Gasteiger partial charge in [0, 0.05) is 12.2 Å². The number of nitrogens with one attached hydrogen (secondary N) is 1. The number of benzene rings is 2. The molecule has 0 saturated heterocycles. The average molecular weight is 270 g/mol. The number of rotatable bonds is 5. The van der Waals surface area contributed by atoms with Crippen LogP contribution in [0, 0.1) is 24.1 Å². The van der Waals surface area contributed by atoms with Crippen molar-refractivity contribution in [3.8, 4) is 11.8 Å². The summed E-state index contributed by atoms with van der Waals surface area (Å²) in [5.74, 6) is 0.421. The maximum atomic E-state index is 13.2. The molecular formula is C16H15FN2O. The van der Waals surface area contributed by atoms with E-state index in [9.17, 15) is 4.39 Å². The normalized spacial score (nSPS) is 9.85. The minimum absolute atomic E-state index is 0.0418. The van der Waals surface area contributed by atoms with Crippen LogP contribution in [0.1, 0.15) is 11.1 Å². The van der Waals surface area contributed by atoms with Gasteiger partial charge in [0.2, 0.25) is 0 Å². The fraction of sp³-hybridized carbons (Fsp3) is 0.188. The Hall–Kier alpha value is -2.54. The number of nitriles is 1. The van der Waals surface area contributed by atoms with Crippen LogP contribution in [0.2, 0.25) is 0 Å². The lowest BCUT2D eigenvalue weighted by Crippen LogP contribution is -2.00. The van der Waals surface area contributed by atoms with Crippen molar-refractivity contribution in [3.63, 3.8) is 0 Å². The predicted molar refractivity (Wildman–Crippen MR) is 76.0 cm³/mol. The fourth-order valence-corrected chi connectivity index (χ4v) is 1.86. The SMILES string of the molecule is Cc1cc(F)cc(NCc2ccc(OCC#N)cc2)c1. The summed E-state index contributed by atoms with van der Waals surface area (Å²) >= 11 is 0. The third kappa shape index (κ3) is 3.99. The van der Waals surface area contributed by atoms with E-state index in [4.69, 9.17) is 10.00 Å². The van der Waals surface area contributed by atoms with Crippen LogP contribution in [-0.2, 0) is 6.54 Å². The lowest BCUT2D eigenvalue weighted by atomic mass is 10.2. The average Bonchev–Trinajstić information content (AvgIpc) is 2.43. The zero-order chi connectivity index (χ0) is 14.4. The smallest absolute Gasteiger partial charge is 0.174 e. The molecule has 0 aliphatic heterocycles. The van der Waals surface area contributed by atoms with E-state index in [1.165, 1.54) is 12.1 Å². The summed E-state index contributed by atoms with van der Waals surface area (Å²) in [5, 5.41) is 11.6. The van der Waals surface area contributed by atoms with Gasteiger partial charge in [0.25, 0.3) is 0 Å². The Kier molecular flexibility index (Phi) is 4.56. The molecule has 2 rings (SSSR count). The second-order valence-electron chi connectivity index (χ2n) is 4.46. The maximum absolute atomic E-state index is 13.2. The molecule has 0 amide bonds. The maximum Gasteiger partial charge on any atom is 0.174 e. The Bertz CT molecular complexity index is 597. The van der Waals surface area contributed by atoms with Gasteiger partial charge in [-0.15, -0.1) is 0 Å². The minimum atomic E-state index is -0.243. The van der Waals surface area contributed by atoms with Gasteiger partial charge in [0.1, 0.15) is 17.6 Å². The van der Waals surface area contributed by atoms with Crippen LogP contribution in [0.15, 0.2) is 42.5 Å². The summed E-state index contributed by atoms with van der Waals surface area (Å²) < 4.78 is 18.4. The van der Waals surface area contributed by atoms with E-state index in [0.29, 0.717) is 12.3 Å². The summed E-state index contributed by atoms with van der Waals surface area (Å²) in [7, 11) is 0. The van der Waals surface area contributed by atoms with E-state index < -0.39 is 0 Å². The molecule has 0 heterocycles. The highest BCUT2D eigenvalue weighted by Gasteiger charge is 1.99. The summed E-state index contributed by atoms with van der Waals surface area (Å²) in [6.07, 6.45) is 0. The molecule has 0 aliphatic rings. The highest BCUT2D eigenvalue weighted by atomic mass is 19.1. The Morgan fingerprint density at radius 2 is 1.95 bits per heavy atom. The molecule has 0 spiro atoms. The van der Waals surface area contributed by atoms with Gasteiger partial charge < -0.3 is 10.1 Å². The van der Waals surface area contributed by atoms with Gasteiger partial charge in [-0.2, -0.15) is 5.26 Å². The lowest BCUT2D eigenvalue weighted by molar-refractivity contribution is 0.368. The van der Waals surface area contributed by atoms with Crippen molar-refractivity contribution < 1.29 is 9.13 Å². The van der Waals surface area contributed by atoms with Crippen molar-refractivity contribution in [1.29, 1.82) is 5.26 Å². The van der Waals surface area contributed by atoms with Crippen molar-refractivity contribution in [2.24, 2.45) is 0 Å². The predicted octanol–water partition coefficient (Wildman–Crippen LogP) is 3.65. The molecule has 0 saturated carbocycles. The van der Waals surface area contributed by atoms with Crippen molar-refractivity contribution in [3.05, 3.63) is 59.4 Å². The molecule has 0 aliphatic carbocycles. The second kappa shape index (κ2) is 6.58. The lowest BCUT2D eigenvalue weighted by Gasteiger charge is -2.08. The molecule has 20 heavy (non-hydrogen) atoms. The molecule has 4 heteroatoms. The van der Waals surface area contributed by atoms with Gasteiger partial charge in [-0.25, -0.2) is 4.39 Å². The van der Waals surface area contributed by atoms with E-state index in [1.54, 1.807) is 0 Å². The van der Waals surface area contributed by atoms with E-state index >= 15 is 0 Å². The van der Waals surface area contributed by atoms with Crippen LogP contribution in [-0.4, -0.2) is 6.61 Å². The molecule has 0 radical (unpaired) electrons. The van der Waals surface area contributed by atoms with E-state index in [1.807, 2.05) is 43.3 Å². The van der Waals surface area contributed by atoms with Crippen LogP contribution < -0.4 is 10.1 Å². The van der Waals surface area contributed by atoms with Gasteiger partial charge in [0.05, 0.1) is 0 Å². The van der Waals surface area contributed by atoms with Gasteiger partial charge in [0.15, 0.2) is 6.61 Å². The summed E-state index contributed by atoms with van der Waals surface area (Å²) in [6, 6.07) is 14.2. The number of anilines is 1. The number of aryl methyl sites for hydroxylation is 1. The standard InChI is InChI=1S/C16H15FN2O/c1-12-8-14(17)10-15(9-12)19-11-13-2-4-16(5-3-13)20-7-6-18/h2-5,8-10,19H,7,11H2,1H3. The molecule has 3 nitrogen and oxygen atoms in total. The van der Waals surface area contributed by atoms with Gasteiger partial charge in [-0.1, -0.05) is 12.1 Å². The van der Waals surface area contributed by atoms with Crippen LogP contribution >= 0.6 is 0 Å². The first-order chi connectivity index (χ1) is 9.67. The van der Waals surface area contributed by atoms with Crippen LogP contribution in [0.25, 0.3) is 0 Å². The van der Waals surface area contributed by atoms with Crippen LogP contribution in [0.3, 0.4) is 0 Å². The first-order valence-electron chi connectivity index (χ1n) is 6.27. The first kappa shape index (κ1) is 13.9. The molecule has 0 atom stereocenters. The Morgan fingerprint density at radius 1 is 1.20 bits per heavy atom. The van der Waals surface area contributed by atoms with Crippen molar-refractivity contribution in [1.82, 2.24) is 0 Å².